The van der Waals surface area contributed by atoms with Gasteiger partial charge in [-0.25, -0.2) is 0 Å². The van der Waals surface area contributed by atoms with Gasteiger partial charge in [0, 0.05) is 17.0 Å². The summed E-state index contributed by atoms with van der Waals surface area (Å²) in [6, 6.07) is 10.2. The maximum absolute atomic E-state index is 11.8. The molecule has 0 bridgehead atoms. The molecule has 0 saturated heterocycles. The molecular weight excluding hydrogens is 262 g/mol. The highest BCUT2D eigenvalue weighted by Gasteiger charge is 2.20. The Morgan fingerprint density at radius 2 is 2.05 bits per heavy atom. The Balaban J connectivity index is 2.00. The molecule has 1 aliphatic carbocycles. The Bertz CT molecular complexity index is 645. The Hall–Kier alpha value is -1.90. The van der Waals surface area contributed by atoms with Crippen molar-refractivity contribution in [2.24, 2.45) is 0 Å². The predicted octanol–water partition coefficient (Wildman–Crippen LogP) is 4.00. The van der Waals surface area contributed by atoms with E-state index in [9.17, 15) is 4.79 Å². The fourth-order valence-corrected chi connectivity index (χ4v) is 3.21. The Labute approximate surface area is 125 Å². The molecule has 1 heterocycles. The molecule has 3 nitrogen and oxygen atoms in total. The molecule has 0 radical (unpaired) electrons. The molecule has 0 unspecified atom stereocenters. The van der Waals surface area contributed by atoms with Gasteiger partial charge in [0.25, 0.3) is 0 Å². The van der Waals surface area contributed by atoms with E-state index in [1.54, 1.807) is 0 Å². The van der Waals surface area contributed by atoms with E-state index in [0.29, 0.717) is 18.9 Å². The topological polar surface area (TPSA) is 39.2 Å². The Morgan fingerprint density at radius 3 is 2.81 bits per heavy atom. The average molecular weight is 283 g/mol. The number of aromatic nitrogens is 1. The molecule has 0 spiro atoms. The lowest BCUT2D eigenvalue weighted by atomic mass is 9.98. The SMILES string of the molecule is CCOC(=O)Cc1cc(C2CCCC2)nc2ccccc12. The Morgan fingerprint density at radius 1 is 1.29 bits per heavy atom. The number of benzene rings is 1. The first-order valence-corrected chi connectivity index (χ1v) is 7.82. The second kappa shape index (κ2) is 6.25. The van der Waals surface area contributed by atoms with Crippen molar-refractivity contribution in [3.8, 4) is 0 Å². The second-order valence-corrected chi connectivity index (χ2v) is 5.69. The van der Waals surface area contributed by atoms with Gasteiger partial charge >= 0.3 is 5.97 Å². The van der Waals surface area contributed by atoms with Gasteiger partial charge in [0.1, 0.15) is 0 Å². The summed E-state index contributed by atoms with van der Waals surface area (Å²) in [6.07, 6.45) is 5.32. The molecule has 1 aliphatic rings. The second-order valence-electron chi connectivity index (χ2n) is 5.69. The van der Waals surface area contributed by atoms with Gasteiger partial charge in [0.15, 0.2) is 0 Å². The van der Waals surface area contributed by atoms with Crippen molar-refractivity contribution in [2.75, 3.05) is 6.61 Å². The van der Waals surface area contributed by atoms with Crippen molar-refractivity contribution in [3.05, 3.63) is 41.6 Å². The van der Waals surface area contributed by atoms with Gasteiger partial charge in [-0.2, -0.15) is 0 Å². The molecule has 3 heteroatoms. The van der Waals surface area contributed by atoms with Gasteiger partial charge < -0.3 is 4.74 Å². The normalized spacial score (nSPS) is 15.5. The predicted molar refractivity (Wildman–Crippen MR) is 83.3 cm³/mol. The molecule has 1 aromatic carbocycles. The first-order valence-electron chi connectivity index (χ1n) is 7.82. The highest BCUT2D eigenvalue weighted by atomic mass is 16.5. The highest BCUT2D eigenvalue weighted by Crippen LogP contribution is 2.34. The molecule has 21 heavy (non-hydrogen) atoms. The summed E-state index contributed by atoms with van der Waals surface area (Å²) in [5, 5.41) is 1.06. The molecule has 3 rings (SSSR count). The van der Waals surface area contributed by atoms with Crippen LogP contribution in [-0.4, -0.2) is 17.6 Å². The summed E-state index contributed by atoms with van der Waals surface area (Å²) in [6.45, 7) is 2.27. The summed E-state index contributed by atoms with van der Waals surface area (Å²) in [5.74, 6) is 0.391. The minimum absolute atomic E-state index is 0.161. The third-order valence-corrected chi connectivity index (χ3v) is 4.24. The minimum atomic E-state index is -0.161. The fraction of sp³-hybridized carbons (Fsp3) is 0.444. The van der Waals surface area contributed by atoms with Gasteiger partial charge in [-0.05, 0) is 37.5 Å². The lowest BCUT2D eigenvalue weighted by Crippen LogP contribution is -2.09. The fourth-order valence-electron chi connectivity index (χ4n) is 3.21. The van der Waals surface area contributed by atoms with E-state index in [2.05, 4.69) is 6.07 Å². The van der Waals surface area contributed by atoms with Crippen LogP contribution < -0.4 is 0 Å². The van der Waals surface area contributed by atoms with Crippen LogP contribution in [-0.2, 0) is 16.0 Å². The molecule has 1 aromatic heterocycles. The van der Waals surface area contributed by atoms with E-state index >= 15 is 0 Å². The zero-order valence-electron chi connectivity index (χ0n) is 12.5. The smallest absolute Gasteiger partial charge is 0.310 e. The summed E-state index contributed by atoms with van der Waals surface area (Å²) >= 11 is 0. The van der Waals surface area contributed by atoms with E-state index in [4.69, 9.17) is 9.72 Å². The lowest BCUT2D eigenvalue weighted by molar-refractivity contribution is -0.142. The van der Waals surface area contributed by atoms with Crippen LogP contribution in [0.1, 0.15) is 49.8 Å². The number of hydrogen-bond donors (Lipinski definition) is 0. The van der Waals surface area contributed by atoms with Crippen molar-refractivity contribution in [2.45, 2.75) is 44.9 Å². The zero-order valence-corrected chi connectivity index (χ0v) is 12.5. The number of ether oxygens (including phenoxy) is 1. The molecule has 2 aromatic rings. The van der Waals surface area contributed by atoms with Crippen LogP contribution in [0, 0.1) is 0 Å². The first-order chi connectivity index (χ1) is 10.3. The van der Waals surface area contributed by atoms with E-state index in [0.717, 1.165) is 22.2 Å². The van der Waals surface area contributed by atoms with Crippen LogP contribution in [0.2, 0.25) is 0 Å². The highest BCUT2D eigenvalue weighted by molar-refractivity contribution is 5.86. The number of pyridine rings is 1. The van der Waals surface area contributed by atoms with Gasteiger partial charge in [-0.1, -0.05) is 31.0 Å². The number of hydrogen-bond acceptors (Lipinski definition) is 3. The third-order valence-electron chi connectivity index (χ3n) is 4.24. The number of carbonyl (C=O) groups excluding carboxylic acids is 1. The van der Waals surface area contributed by atoms with Crippen LogP contribution in [0.4, 0.5) is 0 Å². The largest absolute Gasteiger partial charge is 0.466 e. The molecule has 1 fully saturated rings. The number of esters is 1. The molecule has 0 atom stereocenters. The van der Waals surface area contributed by atoms with Gasteiger partial charge in [-0.3, -0.25) is 9.78 Å². The molecule has 1 saturated carbocycles. The van der Waals surface area contributed by atoms with Crippen molar-refractivity contribution in [3.63, 3.8) is 0 Å². The lowest BCUT2D eigenvalue weighted by Gasteiger charge is -2.13. The number of carbonyl (C=O) groups is 1. The molecule has 0 aliphatic heterocycles. The summed E-state index contributed by atoms with van der Waals surface area (Å²) in [4.78, 5) is 16.7. The number of nitrogens with zero attached hydrogens (tertiary/aromatic N) is 1. The standard InChI is InChI=1S/C18H21NO2/c1-2-21-18(20)12-14-11-17(13-7-3-4-8-13)19-16-10-6-5-9-15(14)16/h5-6,9-11,13H,2-4,7-8,12H2,1H3. The first kappa shape index (κ1) is 14.1. The third kappa shape index (κ3) is 3.07. The van der Waals surface area contributed by atoms with Crippen LogP contribution in [0.15, 0.2) is 30.3 Å². The maximum Gasteiger partial charge on any atom is 0.310 e. The van der Waals surface area contributed by atoms with E-state index < -0.39 is 0 Å². The molecule has 110 valence electrons. The monoisotopic (exact) mass is 283 g/mol. The quantitative estimate of drug-likeness (QED) is 0.796. The van der Waals surface area contributed by atoms with Crippen LogP contribution in [0.5, 0.6) is 0 Å². The zero-order chi connectivity index (χ0) is 14.7. The Kier molecular flexibility index (Phi) is 4.18. The van der Waals surface area contributed by atoms with Crippen molar-refractivity contribution in [1.29, 1.82) is 0 Å². The van der Waals surface area contributed by atoms with Crippen molar-refractivity contribution < 1.29 is 9.53 Å². The number of fused-ring (bicyclic) bond motifs is 1. The van der Waals surface area contributed by atoms with E-state index in [1.807, 2.05) is 31.2 Å². The number of rotatable bonds is 4. The molecule has 0 N–H and O–H groups in total. The van der Waals surface area contributed by atoms with E-state index in [1.165, 1.54) is 25.7 Å². The van der Waals surface area contributed by atoms with Crippen LogP contribution in [0.3, 0.4) is 0 Å². The van der Waals surface area contributed by atoms with Crippen molar-refractivity contribution >= 4 is 16.9 Å². The summed E-state index contributed by atoms with van der Waals surface area (Å²) in [7, 11) is 0. The maximum atomic E-state index is 11.8. The van der Waals surface area contributed by atoms with Crippen molar-refractivity contribution in [1.82, 2.24) is 4.98 Å². The van der Waals surface area contributed by atoms with Crippen LogP contribution in [0.25, 0.3) is 10.9 Å². The summed E-state index contributed by atoms with van der Waals surface area (Å²) < 4.78 is 5.10. The van der Waals surface area contributed by atoms with Gasteiger partial charge in [-0.15, -0.1) is 0 Å². The van der Waals surface area contributed by atoms with Gasteiger partial charge in [0.2, 0.25) is 0 Å². The van der Waals surface area contributed by atoms with E-state index in [-0.39, 0.29) is 5.97 Å². The van der Waals surface area contributed by atoms with Gasteiger partial charge in [0.05, 0.1) is 18.5 Å². The minimum Gasteiger partial charge on any atom is -0.466 e. The molecular formula is C18H21NO2. The number of para-hydroxylation sites is 1. The average Bonchev–Trinajstić information content (AvgIpc) is 3.01. The summed E-state index contributed by atoms with van der Waals surface area (Å²) in [5.41, 5.74) is 3.17. The molecule has 0 amide bonds. The van der Waals surface area contributed by atoms with Crippen LogP contribution >= 0.6 is 0 Å².